The van der Waals surface area contributed by atoms with E-state index in [-0.39, 0.29) is 24.0 Å². The number of nitrogens with one attached hydrogen (secondary N) is 1. The van der Waals surface area contributed by atoms with E-state index in [1.807, 2.05) is 55.3 Å². The number of aliphatic imine (C=N–C) groups is 1. The van der Waals surface area contributed by atoms with Crippen LogP contribution in [0.1, 0.15) is 17.9 Å². The molecule has 7 heteroatoms. The summed E-state index contributed by atoms with van der Waals surface area (Å²) < 4.78 is 7.58. The summed E-state index contributed by atoms with van der Waals surface area (Å²) in [5.74, 6) is 2.36. The topological polar surface area (TPSA) is 54.7 Å². The predicted octanol–water partition coefficient (Wildman–Crippen LogP) is 2.48. The van der Waals surface area contributed by atoms with Crippen molar-refractivity contribution in [1.82, 2.24) is 20.0 Å². The van der Waals surface area contributed by atoms with Crippen LogP contribution in [0.2, 0.25) is 0 Å². The first-order valence-corrected chi connectivity index (χ1v) is 8.38. The number of halogens is 1. The van der Waals surface area contributed by atoms with Gasteiger partial charge in [-0.3, -0.25) is 9.67 Å². The van der Waals surface area contributed by atoms with Gasteiger partial charge in [-0.05, 0) is 24.1 Å². The largest absolute Gasteiger partial charge is 0.492 e. The molecule has 0 radical (unpaired) electrons. The van der Waals surface area contributed by atoms with Gasteiger partial charge in [-0.15, -0.1) is 24.0 Å². The van der Waals surface area contributed by atoms with Crippen LogP contribution in [0.15, 0.2) is 47.7 Å². The van der Waals surface area contributed by atoms with Crippen LogP contribution in [0.3, 0.4) is 0 Å². The number of likely N-dealkylation sites (tertiary alicyclic amines) is 1. The van der Waals surface area contributed by atoms with Crippen molar-refractivity contribution in [2.24, 2.45) is 12.0 Å². The second-order valence-electron chi connectivity index (χ2n) is 6.01. The summed E-state index contributed by atoms with van der Waals surface area (Å²) in [6.45, 7) is 3.34. The first-order chi connectivity index (χ1) is 11.8. The van der Waals surface area contributed by atoms with E-state index in [2.05, 4.69) is 26.5 Å². The van der Waals surface area contributed by atoms with E-state index >= 15 is 0 Å². The van der Waals surface area contributed by atoms with Crippen molar-refractivity contribution >= 4 is 29.9 Å². The number of ether oxygens (including phenoxy) is 1. The molecule has 1 fully saturated rings. The fraction of sp³-hybridized carbons (Fsp3) is 0.444. The zero-order chi connectivity index (χ0) is 16.8. The van der Waals surface area contributed by atoms with Crippen molar-refractivity contribution in [1.29, 1.82) is 0 Å². The predicted molar refractivity (Wildman–Crippen MR) is 111 cm³/mol. The molecule has 0 bridgehead atoms. The smallest absolute Gasteiger partial charge is 0.193 e. The highest BCUT2D eigenvalue weighted by Crippen LogP contribution is 2.26. The van der Waals surface area contributed by atoms with Gasteiger partial charge in [-0.25, -0.2) is 0 Å². The van der Waals surface area contributed by atoms with Gasteiger partial charge >= 0.3 is 0 Å². The summed E-state index contributed by atoms with van der Waals surface area (Å²) in [6.07, 6.45) is 5.21. The van der Waals surface area contributed by atoms with Gasteiger partial charge in [0.2, 0.25) is 0 Å². The third kappa shape index (κ3) is 5.35. The monoisotopic (exact) mass is 455 g/mol. The first kappa shape index (κ1) is 19.6. The van der Waals surface area contributed by atoms with Crippen molar-refractivity contribution in [3.8, 4) is 5.75 Å². The number of nitrogens with zero attached hydrogens (tertiary/aromatic N) is 4. The molecule has 0 saturated carbocycles. The fourth-order valence-corrected chi connectivity index (χ4v) is 3.06. The summed E-state index contributed by atoms with van der Waals surface area (Å²) in [6, 6.07) is 9.87. The quantitative estimate of drug-likeness (QED) is 0.326. The lowest BCUT2D eigenvalue weighted by Gasteiger charge is -2.21. The second-order valence-corrected chi connectivity index (χ2v) is 6.01. The molecule has 3 rings (SSSR count). The molecule has 2 aromatic rings. The molecule has 1 aliphatic rings. The summed E-state index contributed by atoms with van der Waals surface area (Å²) in [7, 11) is 3.79. The first-order valence-electron chi connectivity index (χ1n) is 8.38. The number of hydrogen-bond donors (Lipinski definition) is 1. The Morgan fingerprint density at radius 2 is 2.16 bits per heavy atom. The van der Waals surface area contributed by atoms with E-state index in [0.717, 1.165) is 37.8 Å². The Morgan fingerprint density at radius 1 is 1.36 bits per heavy atom. The summed E-state index contributed by atoms with van der Waals surface area (Å²) in [5, 5.41) is 7.67. The van der Waals surface area contributed by atoms with Gasteiger partial charge in [-0.1, -0.05) is 18.2 Å². The molecule has 0 spiro atoms. The van der Waals surface area contributed by atoms with Crippen LogP contribution in [0, 0.1) is 0 Å². The highest BCUT2D eigenvalue weighted by atomic mass is 127. The van der Waals surface area contributed by atoms with Crippen molar-refractivity contribution in [3.05, 3.63) is 48.3 Å². The van der Waals surface area contributed by atoms with Crippen molar-refractivity contribution in [2.75, 3.05) is 33.3 Å². The van der Waals surface area contributed by atoms with E-state index in [0.29, 0.717) is 12.5 Å². The minimum absolute atomic E-state index is 0. The van der Waals surface area contributed by atoms with E-state index in [1.54, 1.807) is 0 Å². The summed E-state index contributed by atoms with van der Waals surface area (Å²) in [4.78, 5) is 6.71. The molecule has 25 heavy (non-hydrogen) atoms. The molecule has 1 N–H and O–H groups in total. The Bertz CT molecular complexity index is 673. The number of guanidine groups is 1. The van der Waals surface area contributed by atoms with Crippen LogP contribution in [0.5, 0.6) is 5.75 Å². The third-order valence-electron chi connectivity index (χ3n) is 4.29. The van der Waals surface area contributed by atoms with Gasteiger partial charge in [0.1, 0.15) is 12.4 Å². The number of rotatable bonds is 5. The Kier molecular flexibility index (Phi) is 7.54. The Morgan fingerprint density at radius 3 is 2.84 bits per heavy atom. The second kappa shape index (κ2) is 9.65. The third-order valence-corrected chi connectivity index (χ3v) is 4.29. The number of hydrogen-bond acceptors (Lipinski definition) is 3. The maximum Gasteiger partial charge on any atom is 0.193 e. The average molecular weight is 455 g/mol. The van der Waals surface area contributed by atoms with Gasteiger partial charge in [0.05, 0.1) is 12.7 Å². The van der Waals surface area contributed by atoms with Gasteiger partial charge in [0.25, 0.3) is 0 Å². The molecule has 6 nitrogen and oxygen atoms in total. The van der Waals surface area contributed by atoms with Crippen LogP contribution in [0.4, 0.5) is 0 Å². The number of para-hydroxylation sites is 1. The fourth-order valence-electron chi connectivity index (χ4n) is 3.06. The van der Waals surface area contributed by atoms with Gasteiger partial charge in [0.15, 0.2) is 5.96 Å². The molecule has 1 aromatic carbocycles. The van der Waals surface area contributed by atoms with E-state index in [4.69, 9.17) is 4.74 Å². The molecule has 2 heterocycles. The molecule has 1 aliphatic heterocycles. The normalized spacial score (nSPS) is 17.3. The molecule has 1 saturated heterocycles. The summed E-state index contributed by atoms with van der Waals surface area (Å²) >= 11 is 0. The minimum atomic E-state index is 0. The van der Waals surface area contributed by atoms with E-state index in [1.165, 1.54) is 5.56 Å². The van der Waals surface area contributed by atoms with Crippen molar-refractivity contribution in [3.63, 3.8) is 0 Å². The van der Waals surface area contributed by atoms with Gasteiger partial charge < -0.3 is 15.0 Å². The molecule has 0 amide bonds. The highest BCUT2D eigenvalue weighted by Gasteiger charge is 2.26. The minimum Gasteiger partial charge on any atom is -0.492 e. The highest BCUT2D eigenvalue weighted by molar-refractivity contribution is 14.0. The maximum atomic E-state index is 5.71. The van der Waals surface area contributed by atoms with Crippen LogP contribution in [-0.2, 0) is 7.05 Å². The van der Waals surface area contributed by atoms with Crippen LogP contribution >= 0.6 is 24.0 Å². The van der Waals surface area contributed by atoms with Gasteiger partial charge in [-0.2, -0.15) is 5.10 Å². The summed E-state index contributed by atoms with van der Waals surface area (Å²) in [5.41, 5.74) is 1.31. The van der Waals surface area contributed by atoms with Crippen LogP contribution in [0.25, 0.3) is 0 Å². The zero-order valence-corrected chi connectivity index (χ0v) is 17.1. The lowest BCUT2D eigenvalue weighted by Crippen LogP contribution is -2.41. The molecule has 1 aromatic heterocycles. The molecular formula is C18H26IN5O. The SMILES string of the molecule is CN=C(NCCOc1ccccc1)N1CCC(c2cnn(C)c2)C1.I. The average Bonchev–Trinajstić information content (AvgIpc) is 3.25. The number of aryl methyl sites for hydroxylation is 1. The molecule has 1 atom stereocenters. The molecule has 136 valence electrons. The number of benzene rings is 1. The molecule has 1 unspecified atom stereocenters. The van der Waals surface area contributed by atoms with E-state index in [9.17, 15) is 0 Å². The Labute approximate surface area is 166 Å². The van der Waals surface area contributed by atoms with Crippen LogP contribution in [-0.4, -0.2) is 53.9 Å². The molecule has 0 aliphatic carbocycles. The number of aromatic nitrogens is 2. The Hall–Kier alpha value is -1.77. The van der Waals surface area contributed by atoms with Crippen molar-refractivity contribution in [2.45, 2.75) is 12.3 Å². The molecular weight excluding hydrogens is 429 g/mol. The lowest BCUT2D eigenvalue weighted by molar-refractivity contribution is 0.319. The van der Waals surface area contributed by atoms with Crippen LogP contribution < -0.4 is 10.1 Å². The zero-order valence-electron chi connectivity index (χ0n) is 14.8. The van der Waals surface area contributed by atoms with Crippen molar-refractivity contribution < 1.29 is 4.74 Å². The van der Waals surface area contributed by atoms with E-state index < -0.39 is 0 Å². The lowest BCUT2D eigenvalue weighted by atomic mass is 10.0. The maximum absolute atomic E-state index is 5.71. The van der Waals surface area contributed by atoms with Gasteiger partial charge in [0, 0.05) is 39.3 Å². The Balaban J connectivity index is 0.00000225. The standard InChI is InChI=1S/C18H25N5O.HI/c1-19-18(20-9-11-24-17-6-4-3-5-7-17)23-10-8-15(14-23)16-12-21-22(2)13-16;/h3-7,12-13,15H,8-11,14H2,1-2H3,(H,19,20);1H.